The molecule has 1 aromatic rings. The SMILES string of the molecule is COCCN1CCN(c2ccc(C(=O)NC(CC(C)(C)C)C(=O)N3C[C@H](OC)[C@H]4OCC(=O)[C@H]43)cc2)CC1. The monoisotopic (exact) mass is 530 g/mol. The molecule has 210 valence electrons. The number of carbonyl (C=O) groups excluding carboxylic acids is 3. The average molecular weight is 531 g/mol. The van der Waals surface area contributed by atoms with Crippen LogP contribution in [0, 0.1) is 5.41 Å². The summed E-state index contributed by atoms with van der Waals surface area (Å²) in [6.07, 6.45) is -0.392. The lowest BCUT2D eigenvalue weighted by molar-refractivity contribution is -0.138. The summed E-state index contributed by atoms with van der Waals surface area (Å²) in [5.41, 5.74) is 1.34. The Kier molecular flexibility index (Phi) is 9.07. The second-order valence-electron chi connectivity index (χ2n) is 11.6. The Morgan fingerprint density at radius 1 is 1.11 bits per heavy atom. The van der Waals surface area contributed by atoms with Crippen molar-refractivity contribution in [1.29, 1.82) is 0 Å². The third-order valence-corrected chi connectivity index (χ3v) is 7.62. The third kappa shape index (κ3) is 6.54. The van der Waals surface area contributed by atoms with E-state index in [1.807, 2.05) is 45.0 Å². The average Bonchev–Trinajstić information content (AvgIpc) is 3.46. The first-order chi connectivity index (χ1) is 18.1. The fraction of sp³-hybridized carbons (Fsp3) is 0.679. The van der Waals surface area contributed by atoms with Gasteiger partial charge in [0.2, 0.25) is 5.91 Å². The highest BCUT2D eigenvalue weighted by Gasteiger charge is 2.53. The highest BCUT2D eigenvalue weighted by atomic mass is 16.5. The molecule has 4 rings (SSSR count). The highest BCUT2D eigenvalue weighted by Crippen LogP contribution is 2.31. The molecule has 1 unspecified atom stereocenters. The summed E-state index contributed by atoms with van der Waals surface area (Å²) in [5, 5.41) is 2.96. The van der Waals surface area contributed by atoms with Crippen molar-refractivity contribution in [2.75, 3.05) is 71.6 Å². The maximum Gasteiger partial charge on any atom is 0.251 e. The summed E-state index contributed by atoms with van der Waals surface area (Å²) in [6, 6.07) is 6.10. The van der Waals surface area contributed by atoms with E-state index in [0.29, 0.717) is 12.0 Å². The molecule has 0 radical (unpaired) electrons. The van der Waals surface area contributed by atoms with Gasteiger partial charge in [0.25, 0.3) is 5.91 Å². The van der Waals surface area contributed by atoms with E-state index in [9.17, 15) is 14.4 Å². The number of hydrogen-bond donors (Lipinski definition) is 1. The van der Waals surface area contributed by atoms with Crippen molar-refractivity contribution in [3.63, 3.8) is 0 Å². The number of rotatable bonds is 9. The van der Waals surface area contributed by atoms with E-state index in [4.69, 9.17) is 14.2 Å². The summed E-state index contributed by atoms with van der Waals surface area (Å²) >= 11 is 0. The van der Waals surface area contributed by atoms with Gasteiger partial charge in [-0.2, -0.15) is 0 Å². The Bertz CT molecular complexity index is 986. The molecule has 3 saturated heterocycles. The van der Waals surface area contributed by atoms with Gasteiger partial charge >= 0.3 is 0 Å². The molecule has 10 nitrogen and oxygen atoms in total. The number of fused-ring (bicyclic) bond motifs is 1. The Morgan fingerprint density at radius 2 is 1.79 bits per heavy atom. The number of likely N-dealkylation sites (tertiary alicyclic amines) is 1. The molecule has 3 aliphatic heterocycles. The molecule has 3 fully saturated rings. The van der Waals surface area contributed by atoms with Crippen LogP contribution in [-0.2, 0) is 23.8 Å². The van der Waals surface area contributed by atoms with E-state index in [0.717, 1.165) is 45.0 Å². The van der Waals surface area contributed by atoms with Crippen LogP contribution in [0.1, 0.15) is 37.6 Å². The Morgan fingerprint density at radius 3 is 2.39 bits per heavy atom. The van der Waals surface area contributed by atoms with Crippen LogP contribution in [0.4, 0.5) is 5.69 Å². The molecular weight excluding hydrogens is 488 g/mol. The zero-order valence-corrected chi connectivity index (χ0v) is 23.3. The third-order valence-electron chi connectivity index (χ3n) is 7.62. The smallest absolute Gasteiger partial charge is 0.251 e. The second-order valence-corrected chi connectivity index (χ2v) is 11.6. The van der Waals surface area contributed by atoms with Crippen molar-refractivity contribution >= 4 is 23.3 Å². The van der Waals surface area contributed by atoms with Crippen LogP contribution >= 0.6 is 0 Å². The lowest BCUT2D eigenvalue weighted by atomic mass is 9.87. The number of Topliss-reactive ketones (excluding diaryl/α,β-unsaturated/α-hetero) is 1. The van der Waals surface area contributed by atoms with E-state index in [-0.39, 0.29) is 42.3 Å². The minimum atomic E-state index is -0.771. The van der Waals surface area contributed by atoms with E-state index in [1.165, 1.54) is 0 Å². The van der Waals surface area contributed by atoms with Gasteiger partial charge in [0.1, 0.15) is 30.9 Å². The predicted molar refractivity (Wildman–Crippen MR) is 143 cm³/mol. The van der Waals surface area contributed by atoms with E-state index >= 15 is 0 Å². The molecule has 2 amide bonds. The molecule has 1 aromatic carbocycles. The van der Waals surface area contributed by atoms with Gasteiger partial charge in [-0.1, -0.05) is 20.8 Å². The largest absolute Gasteiger partial charge is 0.383 e. The maximum atomic E-state index is 13.7. The number of benzene rings is 1. The van der Waals surface area contributed by atoms with Crippen molar-refractivity contribution in [2.24, 2.45) is 5.41 Å². The van der Waals surface area contributed by atoms with Crippen molar-refractivity contribution in [1.82, 2.24) is 15.1 Å². The van der Waals surface area contributed by atoms with Gasteiger partial charge < -0.3 is 29.3 Å². The molecule has 38 heavy (non-hydrogen) atoms. The summed E-state index contributed by atoms with van der Waals surface area (Å²) in [5.74, 6) is -0.708. The summed E-state index contributed by atoms with van der Waals surface area (Å²) < 4.78 is 16.3. The second kappa shape index (κ2) is 12.1. The molecule has 0 saturated carbocycles. The van der Waals surface area contributed by atoms with Gasteiger partial charge in [-0.15, -0.1) is 0 Å². The summed E-state index contributed by atoms with van der Waals surface area (Å²) in [4.78, 5) is 45.8. The van der Waals surface area contributed by atoms with Gasteiger partial charge in [-0.25, -0.2) is 0 Å². The number of piperazine rings is 1. The minimum Gasteiger partial charge on any atom is -0.383 e. The van der Waals surface area contributed by atoms with Crippen LogP contribution in [0.5, 0.6) is 0 Å². The highest BCUT2D eigenvalue weighted by molar-refractivity contribution is 5.99. The van der Waals surface area contributed by atoms with Crippen molar-refractivity contribution in [2.45, 2.75) is 51.5 Å². The molecule has 3 aliphatic rings. The van der Waals surface area contributed by atoms with Crippen LogP contribution in [0.15, 0.2) is 24.3 Å². The molecular formula is C28H42N4O6. The van der Waals surface area contributed by atoms with Gasteiger partial charge in [-0.3, -0.25) is 19.3 Å². The van der Waals surface area contributed by atoms with Crippen LogP contribution in [-0.4, -0.2) is 118 Å². The number of amides is 2. The zero-order valence-electron chi connectivity index (χ0n) is 23.3. The molecule has 0 bridgehead atoms. The van der Waals surface area contributed by atoms with Crippen LogP contribution < -0.4 is 10.2 Å². The quantitative estimate of drug-likeness (QED) is 0.508. The number of anilines is 1. The number of nitrogens with zero attached hydrogens (tertiary/aromatic N) is 3. The summed E-state index contributed by atoms with van der Waals surface area (Å²) in [7, 11) is 3.28. The first-order valence-corrected chi connectivity index (χ1v) is 13.5. The standard InChI is InChI=1S/C28H42N4O6/c1-28(2,3)16-21(27(35)32-17-23(37-5)25-24(32)22(33)18-38-25)29-26(34)19-6-8-20(9-7-19)31-12-10-30(11-13-31)14-15-36-4/h6-9,21,23-25H,10-18H2,1-5H3,(H,29,34)/t21?,23-,24+,25+/m0/s1. The van der Waals surface area contributed by atoms with Gasteiger partial charge in [0, 0.05) is 58.2 Å². The van der Waals surface area contributed by atoms with Crippen molar-refractivity contribution < 1.29 is 28.6 Å². The lowest BCUT2D eigenvalue weighted by Gasteiger charge is -2.36. The first kappa shape index (κ1) is 28.5. The first-order valence-electron chi connectivity index (χ1n) is 13.5. The number of nitrogens with one attached hydrogen (secondary N) is 1. The van der Waals surface area contributed by atoms with Crippen LogP contribution in [0.2, 0.25) is 0 Å². The van der Waals surface area contributed by atoms with E-state index in [2.05, 4.69) is 15.1 Å². The number of methoxy groups -OCH3 is 2. The number of ketones is 1. The van der Waals surface area contributed by atoms with Gasteiger partial charge in [0.15, 0.2) is 5.78 Å². The van der Waals surface area contributed by atoms with Gasteiger partial charge in [0.05, 0.1) is 13.2 Å². The molecule has 0 aromatic heterocycles. The van der Waals surface area contributed by atoms with Crippen LogP contribution in [0.25, 0.3) is 0 Å². The molecule has 10 heteroatoms. The fourth-order valence-electron chi connectivity index (χ4n) is 5.57. The van der Waals surface area contributed by atoms with Crippen LogP contribution in [0.3, 0.4) is 0 Å². The molecule has 3 heterocycles. The van der Waals surface area contributed by atoms with Crippen molar-refractivity contribution in [3.05, 3.63) is 29.8 Å². The fourth-order valence-corrected chi connectivity index (χ4v) is 5.57. The topological polar surface area (TPSA) is 101 Å². The van der Waals surface area contributed by atoms with E-state index < -0.39 is 18.2 Å². The number of carbonyl (C=O) groups is 3. The van der Waals surface area contributed by atoms with Crippen molar-refractivity contribution in [3.8, 4) is 0 Å². The molecule has 0 aliphatic carbocycles. The zero-order chi connectivity index (χ0) is 27.4. The molecule has 0 spiro atoms. The number of hydrogen-bond acceptors (Lipinski definition) is 8. The number of ether oxygens (including phenoxy) is 3. The maximum absolute atomic E-state index is 13.7. The van der Waals surface area contributed by atoms with E-state index in [1.54, 1.807) is 19.1 Å². The molecule has 1 N–H and O–H groups in total. The van der Waals surface area contributed by atoms with Gasteiger partial charge in [-0.05, 0) is 36.1 Å². The lowest BCUT2D eigenvalue weighted by Crippen LogP contribution is -2.53. The Hall–Kier alpha value is -2.53. The normalized spacial score (nSPS) is 25.0. The Balaban J connectivity index is 1.42. The Labute approximate surface area is 225 Å². The minimum absolute atomic E-state index is 0.0240. The molecule has 4 atom stereocenters. The summed E-state index contributed by atoms with van der Waals surface area (Å²) in [6.45, 7) is 11.8. The predicted octanol–water partition coefficient (Wildman–Crippen LogP) is 1.18.